The number of thiazole rings is 1. The lowest BCUT2D eigenvalue weighted by Crippen LogP contribution is -2.21. The molecule has 1 unspecified atom stereocenters. The second kappa shape index (κ2) is 6.56. The molecule has 140 valence electrons. The molecule has 0 spiro atoms. The Balaban J connectivity index is 1.63. The van der Waals surface area contributed by atoms with E-state index in [1.54, 1.807) is 18.4 Å². The van der Waals surface area contributed by atoms with E-state index < -0.39 is 0 Å². The topological polar surface area (TPSA) is 57.0 Å². The minimum Gasteiger partial charge on any atom is -0.496 e. The van der Waals surface area contributed by atoms with Gasteiger partial charge in [0.15, 0.2) is 5.78 Å². The van der Waals surface area contributed by atoms with Crippen molar-refractivity contribution in [3.63, 3.8) is 0 Å². The van der Waals surface area contributed by atoms with Crippen LogP contribution in [-0.2, 0) is 6.42 Å². The molecule has 1 atom stereocenters. The van der Waals surface area contributed by atoms with E-state index in [1.807, 2.05) is 54.1 Å². The van der Waals surface area contributed by atoms with Crippen LogP contribution in [0.4, 0.5) is 0 Å². The van der Waals surface area contributed by atoms with Crippen LogP contribution in [-0.4, -0.2) is 27.7 Å². The fraction of sp³-hybridized carbons (Fsp3) is 0.227. The molecule has 4 aromatic rings. The van der Waals surface area contributed by atoms with Crippen LogP contribution in [0.15, 0.2) is 48.5 Å². The van der Waals surface area contributed by atoms with Crippen LogP contribution in [0.5, 0.6) is 5.75 Å². The number of rotatable bonds is 3. The van der Waals surface area contributed by atoms with E-state index in [-0.39, 0.29) is 11.7 Å². The number of ether oxygens (including phenoxy) is 1. The summed E-state index contributed by atoms with van der Waals surface area (Å²) in [5.74, 6) is 1.04. The smallest absolute Gasteiger partial charge is 0.211 e. The molecule has 0 fully saturated rings. The first-order valence-electron chi connectivity index (χ1n) is 9.26. The van der Waals surface area contributed by atoms with E-state index in [1.165, 1.54) is 0 Å². The highest BCUT2D eigenvalue weighted by atomic mass is 32.1. The number of carbonyl (C=O) groups excluding carboxylic acids is 1. The fourth-order valence-corrected chi connectivity index (χ4v) is 5.03. The molecule has 5 nitrogen and oxygen atoms in total. The standard InChI is InChI=1S/C22H19N3O2S/c1-13-21-17(25(24-13)22-23-16-8-4-6-10-20(16)28-22)11-14(12-18(21)26)15-7-3-5-9-19(15)27-2/h3-10,14H,11-12H2,1-2H3. The lowest BCUT2D eigenvalue weighted by molar-refractivity contribution is 0.0963. The zero-order valence-corrected chi connectivity index (χ0v) is 16.5. The molecule has 6 heteroatoms. The summed E-state index contributed by atoms with van der Waals surface area (Å²) in [6, 6.07) is 16.0. The maximum atomic E-state index is 13.0. The minimum atomic E-state index is 0.0698. The second-order valence-corrected chi connectivity index (χ2v) is 8.06. The van der Waals surface area contributed by atoms with Crippen molar-refractivity contribution < 1.29 is 9.53 Å². The molecule has 1 aliphatic rings. The van der Waals surface area contributed by atoms with Gasteiger partial charge < -0.3 is 4.74 Å². The van der Waals surface area contributed by atoms with Crippen LogP contribution in [0.2, 0.25) is 0 Å². The van der Waals surface area contributed by atoms with E-state index in [2.05, 4.69) is 6.07 Å². The molecule has 2 heterocycles. The van der Waals surface area contributed by atoms with Gasteiger partial charge in [0.1, 0.15) is 5.75 Å². The van der Waals surface area contributed by atoms with Gasteiger partial charge in [-0.3, -0.25) is 4.79 Å². The van der Waals surface area contributed by atoms with Crippen molar-refractivity contribution in [1.29, 1.82) is 0 Å². The number of fused-ring (bicyclic) bond motifs is 2. The second-order valence-electron chi connectivity index (χ2n) is 7.05. The molecule has 28 heavy (non-hydrogen) atoms. The number of para-hydroxylation sites is 2. The molecule has 1 aliphatic carbocycles. The summed E-state index contributed by atoms with van der Waals surface area (Å²) >= 11 is 1.60. The molecular weight excluding hydrogens is 370 g/mol. The molecule has 0 aliphatic heterocycles. The maximum absolute atomic E-state index is 13.0. The Morgan fingerprint density at radius 2 is 1.89 bits per heavy atom. The van der Waals surface area contributed by atoms with Crippen molar-refractivity contribution in [3.8, 4) is 10.9 Å². The predicted molar refractivity (Wildman–Crippen MR) is 110 cm³/mol. The Kier molecular flexibility index (Phi) is 4.02. The van der Waals surface area contributed by atoms with Gasteiger partial charge >= 0.3 is 0 Å². The first-order chi connectivity index (χ1) is 13.7. The Labute approximate surface area is 166 Å². The average Bonchev–Trinajstić information content (AvgIpc) is 3.29. The van der Waals surface area contributed by atoms with Crippen LogP contribution < -0.4 is 4.74 Å². The van der Waals surface area contributed by atoms with Gasteiger partial charge in [0, 0.05) is 12.3 Å². The molecule has 0 N–H and O–H groups in total. The molecule has 0 amide bonds. The largest absolute Gasteiger partial charge is 0.496 e. The molecule has 0 saturated carbocycles. The lowest BCUT2D eigenvalue weighted by atomic mass is 9.81. The zero-order chi connectivity index (χ0) is 19.3. The Bertz CT molecular complexity index is 1170. The summed E-state index contributed by atoms with van der Waals surface area (Å²) in [5, 5.41) is 5.50. The number of Topliss-reactive ketones (excluding diaryl/α,β-unsaturated/α-hetero) is 1. The first kappa shape index (κ1) is 17.1. The van der Waals surface area contributed by atoms with Crippen molar-refractivity contribution in [3.05, 3.63) is 71.0 Å². The monoisotopic (exact) mass is 389 g/mol. The summed E-state index contributed by atoms with van der Waals surface area (Å²) in [5.41, 5.74) is 4.50. The first-order valence-corrected chi connectivity index (χ1v) is 10.1. The van der Waals surface area contributed by atoms with E-state index in [0.717, 1.165) is 50.0 Å². The third-order valence-electron chi connectivity index (χ3n) is 5.35. The summed E-state index contributed by atoms with van der Waals surface area (Å²) in [7, 11) is 1.67. The summed E-state index contributed by atoms with van der Waals surface area (Å²) in [6.45, 7) is 1.91. The van der Waals surface area contributed by atoms with Gasteiger partial charge in [-0.15, -0.1) is 0 Å². The quantitative estimate of drug-likeness (QED) is 0.509. The Hall–Kier alpha value is -2.99. The Morgan fingerprint density at radius 3 is 2.71 bits per heavy atom. The van der Waals surface area contributed by atoms with Crippen LogP contribution >= 0.6 is 11.3 Å². The highest BCUT2D eigenvalue weighted by molar-refractivity contribution is 7.20. The number of aryl methyl sites for hydroxylation is 1. The highest BCUT2D eigenvalue weighted by Gasteiger charge is 2.33. The molecule has 2 aromatic heterocycles. The minimum absolute atomic E-state index is 0.0698. The van der Waals surface area contributed by atoms with Gasteiger partial charge in [0.05, 0.1) is 34.3 Å². The molecule has 2 aromatic carbocycles. The number of nitrogens with zero attached hydrogens (tertiary/aromatic N) is 3. The van der Waals surface area contributed by atoms with Gasteiger partial charge in [0.25, 0.3) is 0 Å². The van der Waals surface area contributed by atoms with Gasteiger partial charge in [-0.2, -0.15) is 5.10 Å². The maximum Gasteiger partial charge on any atom is 0.211 e. The van der Waals surface area contributed by atoms with Gasteiger partial charge in [-0.1, -0.05) is 41.7 Å². The molecule has 5 rings (SSSR count). The lowest BCUT2D eigenvalue weighted by Gasteiger charge is -2.24. The summed E-state index contributed by atoms with van der Waals surface area (Å²) in [6.07, 6.45) is 1.21. The van der Waals surface area contributed by atoms with Crippen molar-refractivity contribution in [2.75, 3.05) is 7.11 Å². The molecule has 0 saturated heterocycles. The van der Waals surface area contributed by atoms with E-state index in [0.29, 0.717) is 6.42 Å². The van der Waals surface area contributed by atoms with Gasteiger partial charge in [-0.25, -0.2) is 9.67 Å². The van der Waals surface area contributed by atoms with Gasteiger partial charge in [0.2, 0.25) is 5.13 Å². The molecule has 0 radical (unpaired) electrons. The van der Waals surface area contributed by atoms with Gasteiger partial charge in [-0.05, 0) is 37.1 Å². The average molecular weight is 389 g/mol. The van der Waals surface area contributed by atoms with Crippen LogP contribution in [0.3, 0.4) is 0 Å². The molecule has 0 bridgehead atoms. The van der Waals surface area contributed by atoms with Crippen LogP contribution in [0.25, 0.3) is 15.3 Å². The van der Waals surface area contributed by atoms with E-state index >= 15 is 0 Å². The normalized spacial score (nSPS) is 16.4. The van der Waals surface area contributed by atoms with Crippen LogP contribution in [0, 0.1) is 6.92 Å². The van der Waals surface area contributed by atoms with Crippen molar-refractivity contribution in [1.82, 2.24) is 14.8 Å². The number of methoxy groups -OCH3 is 1. The van der Waals surface area contributed by atoms with E-state index in [4.69, 9.17) is 14.8 Å². The zero-order valence-electron chi connectivity index (χ0n) is 15.7. The number of carbonyl (C=O) groups is 1. The van der Waals surface area contributed by atoms with Crippen molar-refractivity contribution in [2.45, 2.75) is 25.7 Å². The predicted octanol–water partition coefficient (Wildman–Crippen LogP) is 4.71. The fourth-order valence-electron chi connectivity index (χ4n) is 4.09. The number of ketones is 1. The molecular formula is C22H19N3O2S. The third-order valence-corrected chi connectivity index (χ3v) is 6.36. The summed E-state index contributed by atoms with van der Waals surface area (Å²) in [4.78, 5) is 17.7. The van der Waals surface area contributed by atoms with E-state index in [9.17, 15) is 4.79 Å². The van der Waals surface area contributed by atoms with Crippen molar-refractivity contribution in [2.24, 2.45) is 0 Å². The van der Waals surface area contributed by atoms with Crippen molar-refractivity contribution >= 4 is 27.3 Å². The summed E-state index contributed by atoms with van der Waals surface area (Å²) < 4.78 is 8.52. The van der Waals surface area contributed by atoms with Crippen LogP contribution in [0.1, 0.15) is 39.6 Å². The number of aromatic nitrogens is 3. The number of hydrogen-bond donors (Lipinski definition) is 0. The highest BCUT2D eigenvalue weighted by Crippen LogP contribution is 2.39. The number of benzene rings is 2. The Morgan fingerprint density at radius 1 is 1.11 bits per heavy atom. The SMILES string of the molecule is COc1ccccc1C1CC(=O)c2c(C)nn(-c3nc4ccccc4s3)c2C1. The number of hydrogen-bond acceptors (Lipinski definition) is 5. The third kappa shape index (κ3) is 2.64.